The van der Waals surface area contributed by atoms with Gasteiger partial charge in [-0.3, -0.25) is 9.69 Å². The molecule has 4 rings (SSSR count). The summed E-state index contributed by atoms with van der Waals surface area (Å²) in [5.74, 6) is -0.744. The van der Waals surface area contributed by atoms with E-state index in [-0.39, 0.29) is 11.5 Å². The number of hydrogen-bond acceptors (Lipinski definition) is 4. The Bertz CT molecular complexity index is 1240. The predicted molar refractivity (Wildman–Crippen MR) is 125 cm³/mol. The molecule has 0 fully saturated rings. The van der Waals surface area contributed by atoms with E-state index in [1.54, 1.807) is 18.2 Å². The van der Waals surface area contributed by atoms with Crippen LogP contribution in [0.4, 0.5) is 23.2 Å². The Kier molecular flexibility index (Phi) is 6.74. The normalized spacial score (nSPS) is 15.1. The Hall–Kier alpha value is -3.59. The zero-order chi connectivity index (χ0) is 24.3. The highest BCUT2D eigenvalue weighted by molar-refractivity contribution is 8.13. The fraction of sp³-hybridized carbons (Fsp3) is 0.120. The summed E-state index contributed by atoms with van der Waals surface area (Å²) in [4.78, 5) is 19.1. The molecule has 3 aromatic rings. The minimum Gasteiger partial charge on any atom is -0.406 e. The number of carbonyl (C=O) groups is 1. The molecule has 0 bridgehead atoms. The van der Waals surface area contributed by atoms with Crippen LogP contribution in [0.25, 0.3) is 6.08 Å². The number of amidine groups is 1. The van der Waals surface area contributed by atoms with Crippen molar-refractivity contribution in [2.45, 2.75) is 19.0 Å². The third kappa shape index (κ3) is 5.85. The second kappa shape index (κ2) is 9.72. The van der Waals surface area contributed by atoms with Gasteiger partial charge in [-0.15, -0.1) is 13.2 Å². The number of anilines is 1. The topological polar surface area (TPSA) is 41.9 Å². The van der Waals surface area contributed by atoms with Crippen molar-refractivity contribution in [3.05, 3.63) is 101 Å². The number of carbonyl (C=O) groups excluding carboxylic acids is 1. The van der Waals surface area contributed by atoms with Crippen molar-refractivity contribution in [1.29, 1.82) is 0 Å². The van der Waals surface area contributed by atoms with Crippen LogP contribution in [0.3, 0.4) is 0 Å². The van der Waals surface area contributed by atoms with Gasteiger partial charge >= 0.3 is 6.36 Å². The van der Waals surface area contributed by atoms with Gasteiger partial charge in [-0.1, -0.05) is 53.7 Å². The average molecular weight is 486 g/mol. The lowest BCUT2D eigenvalue weighted by molar-refractivity contribution is -0.274. The first kappa shape index (κ1) is 23.6. The molecule has 9 heteroatoms. The number of amides is 1. The van der Waals surface area contributed by atoms with Crippen LogP contribution < -0.4 is 9.64 Å². The van der Waals surface area contributed by atoms with Gasteiger partial charge in [0.2, 0.25) is 0 Å². The smallest absolute Gasteiger partial charge is 0.406 e. The van der Waals surface area contributed by atoms with Gasteiger partial charge < -0.3 is 4.74 Å². The number of alkyl halides is 3. The maximum Gasteiger partial charge on any atom is 0.573 e. The minimum absolute atomic E-state index is 0.195. The lowest BCUT2D eigenvalue weighted by Crippen LogP contribution is -2.30. The van der Waals surface area contributed by atoms with E-state index in [9.17, 15) is 22.4 Å². The Morgan fingerprint density at radius 1 is 0.971 bits per heavy atom. The van der Waals surface area contributed by atoms with Gasteiger partial charge in [-0.2, -0.15) is 0 Å². The highest BCUT2D eigenvalue weighted by atomic mass is 32.2. The summed E-state index contributed by atoms with van der Waals surface area (Å²) in [5.41, 5.74) is 3.22. The number of benzene rings is 3. The van der Waals surface area contributed by atoms with E-state index >= 15 is 0 Å². The Morgan fingerprint density at radius 2 is 1.62 bits per heavy atom. The molecule has 0 unspecified atom stereocenters. The van der Waals surface area contributed by atoms with E-state index in [2.05, 4.69) is 9.73 Å². The highest BCUT2D eigenvalue weighted by Gasteiger charge is 2.33. The summed E-state index contributed by atoms with van der Waals surface area (Å²) >= 11 is 1.26. The monoisotopic (exact) mass is 486 g/mol. The van der Waals surface area contributed by atoms with Crippen LogP contribution in [0.15, 0.2) is 83.5 Å². The first-order valence-corrected chi connectivity index (χ1v) is 11.1. The second-order valence-corrected chi connectivity index (χ2v) is 8.37. The Morgan fingerprint density at radius 3 is 2.24 bits per heavy atom. The Balaban J connectivity index is 1.63. The van der Waals surface area contributed by atoms with Crippen LogP contribution in [0.2, 0.25) is 0 Å². The molecular weight excluding hydrogens is 468 g/mol. The van der Waals surface area contributed by atoms with Crippen LogP contribution in [-0.2, 0) is 10.5 Å². The standard InChI is InChI=1S/C25H18F4N2O2S/c1-16-2-4-17(5-3-16)14-22-23(32)31(20-10-12-21(13-11-20)33-25(27,28)29)24(30-22)34-15-18-6-8-19(26)9-7-18/h2-14H,15H2,1H3/b22-14-. The molecule has 1 aliphatic rings. The predicted octanol–water partition coefficient (Wildman–Crippen LogP) is 6.71. The fourth-order valence-electron chi connectivity index (χ4n) is 3.17. The molecule has 1 aliphatic heterocycles. The summed E-state index contributed by atoms with van der Waals surface area (Å²) in [5, 5.41) is 0.358. The largest absolute Gasteiger partial charge is 0.573 e. The third-order valence-corrected chi connectivity index (χ3v) is 5.83. The van der Waals surface area contributed by atoms with Crippen molar-refractivity contribution in [1.82, 2.24) is 0 Å². The quantitative estimate of drug-likeness (QED) is 0.297. The molecule has 1 heterocycles. The number of hydrogen-bond donors (Lipinski definition) is 0. The molecule has 4 nitrogen and oxygen atoms in total. The minimum atomic E-state index is -4.81. The average Bonchev–Trinajstić information content (AvgIpc) is 3.09. The first-order valence-electron chi connectivity index (χ1n) is 10.1. The second-order valence-electron chi connectivity index (χ2n) is 7.43. The fourth-order valence-corrected chi connectivity index (χ4v) is 4.14. The molecule has 3 aromatic carbocycles. The summed E-state index contributed by atoms with van der Waals surface area (Å²) < 4.78 is 54.6. The SMILES string of the molecule is Cc1ccc(/C=C2\N=C(SCc3ccc(F)cc3)N(c3ccc(OC(F)(F)F)cc3)C2=O)cc1. The molecule has 174 valence electrons. The maximum atomic E-state index is 13.2. The van der Waals surface area contributed by atoms with Crippen molar-refractivity contribution in [3.63, 3.8) is 0 Å². The van der Waals surface area contributed by atoms with Crippen LogP contribution in [0.5, 0.6) is 5.75 Å². The summed E-state index contributed by atoms with van der Waals surface area (Å²) in [6, 6.07) is 18.5. The van der Waals surface area contributed by atoms with Gasteiger partial charge in [0.25, 0.3) is 5.91 Å². The van der Waals surface area contributed by atoms with Gasteiger partial charge in [-0.05, 0) is 60.5 Å². The van der Waals surface area contributed by atoms with Crippen LogP contribution in [0.1, 0.15) is 16.7 Å². The Labute approximate surface area is 197 Å². The molecule has 0 saturated carbocycles. The number of rotatable bonds is 5. The molecule has 0 atom stereocenters. The molecule has 0 N–H and O–H groups in total. The molecule has 0 spiro atoms. The van der Waals surface area contributed by atoms with E-state index < -0.39 is 18.0 Å². The third-order valence-electron chi connectivity index (χ3n) is 4.82. The van der Waals surface area contributed by atoms with Crippen molar-refractivity contribution in [2.24, 2.45) is 4.99 Å². The number of aliphatic imine (C=N–C) groups is 1. The van der Waals surface area contributed by atoms with Gasteiger partial charge in [0, 0.05) is 5.75 Å². The van der Waals surface area contributed by atoms with Crippen molar-refractivity contribution in [3.8, 4) is 5.75 Å². The molecule has 0 aromatic heterocycles. The molecule has 0 saturated heterocycles. The van der Waals surface area contributed by atoms with Gasteiger partial charge in [0.05, 0.1) is 5.69 Å². The number of halogens is 4. The first-order chi connectivity index (χ1) is 16.2. The molecule has 34 heavy (non-hydrogen) atoms. The van der Waals surface area contributed by atoms with E-state index in [1.807, 2.05) is 31.2 Å². The lowest BCUT2D eigenvalue weighted by atomic mass is 10.1. The summed E-state index contributed by atoms with van der Waals surface area (Å²) in [7, 11) is 0. The number of thioether (sulfide) groups is 1. The number of nitrogens with zero attached hydrogens (tertiary/aromatic N) is 2. The van der Waals surface area contributed by atoms with Crippen molar-refractivity contribution < 1.29 is 27.1 Å². The van der Waals surface area contributed by atoms with E-state index in [0.717, 1.165) is 28.8 Å². The molecule has 0 radical (unpaired) electrons. The van der Waals surface area contributed by atoms with Crippen molar-refractivity contribution >= 4 is 34.6 Å². The van der Waals surface area contributed by atoms with E-state index in [0.29, 0.717) is 16.6 Å². The summed E-state index contributed by atoms with van der Waals surface area (Å²) in [6.45, 7) is 1.95. The van der Waals surface area contributed by atoms with E-state index in [4.69, 9.17) is 0 Å². The van der Waals surface area contributed by atoms with Crippen molar-refractivity contribution in [2.75, 3.05) is 4.90 Å². The molecular formula is C25H18F4N2O2S. The highest BCUT2D eigenvalue weighted by Crippen LogP contribution is 2.33. The molecule has 1 amide bonds. The van der Waals surface area contributed by atoms with Crippen LogP contribution in [-0.4, -0.2) is 17.4 Å². The van der Waals surface area contributed by atoms with Crippen LogP contribution >= 0.6 is 11.8 Å². The van der Waals surface area contributed by atoms with Gasteiger partial charge in [0.15, 0.2) is 5.17 Å². The zero-order valence-electron chi connectivity index (χ0n) is 17.8. The summed E-state index contributed by atoms with van der Waals surface area (Å²) in [6.07, 6.45) is -3.16. The zero-order valence-corrected chi connectivity index (χ0v) is 18.7. The molecule has 0 aliphatic carbocycles. The number of aryl methyl sites for hydroxylation is 1. The van der Waals surface area contributed by atoms with Gasteiger partial charge in [-0.25, -0.2) is 9.38 Å². The van der Waals surface area contributed by atoms with E-state index in [1.165, 1.54) is 40.9 Å². The number of ether oxygens (including phenoxy) is 1. The maximum absolute atomic E-state index is 13.2. The van der Waals surface area contributed by atoms with Crippen LogP contribution in [0, 0.1) is 12.7 Å². The van der Waals surface area contributed by atoms with Gasteiger partial charge in [0.1, 0.15) is 17.3 Å². The lowest BCUT2D eigenvalue weighted by Gasteiger charge is -2.18.